The van der Waals surface area contributed by atoms with E-state index in [2.05, 4.69) is 51.3 Å². The highest BCUT2D eigenvalue weighted by atomic mass is 127. The third-order valence-corrected chi connectivity index (χ3v) is 4.79. The van der Waals surface area contributed by atoms with Crippen LogP contribution >= 0.6 is 45.2 Å². The number of carboxylic acids is 1. The Bertz CT molecular complexity index is 813. The van der Waals surface area contributed by atoms with E-state index in [4.69, 9.17) is 9.84 Å². The molecule has 2 aromatic carbocycles. The lowest BCUT2D eigenvalue weighted by Gasteiger charge is -2.10. The maximum Gasteiger partial charge on any atom is 0.335 e. The highest BCUT2D eigenvalue weighted by Gasteiger charge is 2.09. The van der Waals surface area contributed by atoms with Crippen LogP contribution in [0.3, 0.4) is 0 Å². The molecule has 0 fully saturated rings. The molecule has 0 aliphatic rings. The molecule has 24 heavy (non-hydrogen) atoms. The first-order valence-electron chi connectivity index (χ1n) is 7.03. The number of nitriles is 1. The predicted octanol–water partition coefficient (Wildman–Crippen LogP) is 5.06. The molecule has 0 unspecified atom stereocenters. The Hall–Kier alpha value is -1.60. The number of nitrogens with zero attached hydrogens (tertiary/aromatic N) is 1. The summed E-state index contributed by atoms with van der Waals surface area (Å²) in [6.07, 6.45) is 1.79. The second-order valence-electron chi connectivity index (χ2n) is 4.80. The number of ether oxygens (including phenoxy) is 1. The number of hydrogen-bond donors (Lipinski definition) is 1. The largest absolute Gasteiger partial charge is 0.492 e. The molecule has 1 N–H and O–H groups in total. The number of benzene rings is 2. The van der Waals surface area contributed by atoms with E-state index >= 15 is 0 Å². The molecule has 0 aliphatic carbocycles. The molecule has 0 bridgehead atoms. The van der Waals surface area contributed by atoms with Crippen molar-refractivity contribution in [2.75, 3.05) is 6.61 Å². The lowest BCUT2D eigenvalue weighted by atomic mass is 10.0. The third kappa shape index (κ3) is 4.48. The number of halogens is 2. The fourth-order valence-corrected chi connectivity index (χ4v) is 4.21. The average Bonchev–Trinajstić information content (AvgIpc) is 2.56. The Balaban J connectivity index is 2.40. The van der Waals surface area contributed by atoms with Crippen molar-refractivity contribution < 1.29 is 14.6 Å². The summed E-state index contributed by atoms with van der Waals surface area (Å²) in [5, 5.41) is 18.4. The van der Waals surface area contributed by atoms with Crippen LogP contribution in [-0.2, 0) is 0 Å². The molecule has 0 spiro atoms. The lowest BCUT2D eigenvalue weighted by molar-refractivity contribution is 0.0697. The number of carbonyl (C=O) groups is 1. The van der Waals surface area contributed by atoms with Gasteiger partial charge in [-0.3, -0.25) is 0 Å². The summed E-state index contributed by atoms with van der Waals surface area (Å²) in [7, 11) is 0. The van der Waals surface area contributed by atoms with Gasteiger partial charge >= 0.3 is 5.97 Å². The second kappa shape index (κ2) is 8.48. The van der Waals surface area contributed by atoms with Gasteiger partial charge in [0.2, 0.25) is 0 Å². The Labute approximate surface area is 167 Å². The molecule has 0 radical (unpaired) electrons. The lowest BCUT2D eigenvalue weighted by Crippen LogP contribution is -1.97. The van der Waals surface area contributed by atoms with Gasteiger partial charge in [0.05, 0.1) is 31.0 Å². The van der Waals surface area contributed by atoms with Crippen molar-refractivity contribution in [1.29, 1.82) is 5.26 Å². The van der Waals surface area contributed by atoms with E-state index < -0.39 is 5.97 Å². The molecule has 4 nitrogen and oxygen atoms in total. The predicted molar refractivity (Wildman–Crippen MR) is 110 cm³/mol. The molecule has 6 heteroatoms. The zero-order valence-electron chi connectivity index (χ0n) is 12.7. The van der Waals surface area contributed by atoms with Crippen LogP contribution in [0.2, 0.25) is 0 Å². The monoisotopic (exact) mass is 545 g/mol. The van der Waals surface area contributed by atoms with Crippen molar-refractivity contribution in [2.45, 2.75) is 6.92 Å². The van der Waals surface area contributed by atoms with Gasteiger partial charge in [-0.2, -0.15) is 5.26 Å². The van der Waals surface area contributed by atoms with Gasteiger partial charge in [-0.05, 0) is 93.6 Å². The van der Waals surface area contributed by atoms with Crippen molar-refractivity contribution in [2.24, 2.45) is 0 Å². The topological polar surface area (TPSA) is 70.3 Å². The number of aromatic carboxylic acids is 1. The zero-order chi connectivity index (χ0) is 17.7. The smallest absolute Gasteiger partial charge is 0.335 e. The molecule has 0 saturated carbocycles. The normalized spacial score (nSPS) is 11.0. The van der Waals surface area contributed by atoms with Gasteiger partial charge in [-0.15, -0.1) is 0 Å². The number of hydrogen-bond acceptors (Lipinski definition) is 3. The van der Waals surface area contributed by atoms with E-state index in [1.54, 1.807) is 18.2 Å². The Morgan fingerprint density at radius 3 is 2.21 bits per heavy atom. The van der Waals surface area contributed by atoms with E-state index in [1.807, 2.05) is 19.1 Å². The van der Waals surface area contributed by atoms with E-state index in [1.165, 1.54) is 12.1 Å². The summed E-state index contributed by atoms with van der Waals surface area (Å²) in [5.74, 6) is -0.139. The highest BCUT2D eigenvalue weighted by molar-refractivity contribution is 14.1. The molecule has 122 valence electrons. The highest BCUT2D eigenvalue weighted by Crippen LogP contribution is 2.30. The summed E-state index contributed by atoms with van der Waals surface area (Å²) in [4.78, 5) is 10.9. The number of rotatable bonds is 5. The van der Waals surface area contributed by atoms with Crippen LogP contribution in [0.4, 0.5) is 0 Å². The van der Waals surface area contributed by atoms with Crippen LogP contribution in [0, 0.1) is 18.5 Å². The molecular formula is C18H13I2NO3. The molecular weight excluding hydrogens is 532 g/mol. The van der Waals surface area contributed by atoms with Crippen molar-refractivity contribution >= 4 is 62.8 Å². The van der Waals surface area contributed by atoms with Gasteiger partial charge < -0.3 is 9.84 Å². The van der Waals surface area contributed by atoms with Gasteiger partial charge in [0.1, 0.15) is 5.75 Å². The number of carboxylic acid groups (broad SMARTS) is 1. The van der Waals surface area contributed by atoms with Gasteiger partial charge in [-0.1, -0.05) is 12.1 Å². The first-order chi connectivity index (χ1) is 11.5. The van der Waals surface area contributed by atoms with Gasteiger partial charge in [0.25, 0.3) is 0 Å². The Morgan fingerprint density at radius 2 is 1.75 bits per heavy atom. The minimum absolute atomic E-state index is 0.196. The molecule has 0 amide bonds. The molecule has 2 aromatic rings. The van der Waals surface area contributed by atoms with Crippen molar-refractivity contribution in [1.82, 2.24) is 0 Å². The van der Waals surface area contributed by atoms with E-state index in [0.717, 1.165) is 18.5 Å². The standard InChI is InChI=1S/C18H13I2NO3/c1-2-24-17-15(19)8-11(9-16(17)20)7-14(10-21)12-3-5-13(6-4-12)18(22)23/h3-9H,2H2,1H3,(H,22,23)/b14-7-. The first kappa shape index (κ1) is 18.7. The quantitative estimate of drug-likeness (QED) is 0.324. The van der Waals surface area contributed by atoms with E-state index in [0.29, 0.717) is 17.7 Å². The average molecular weight is 545 g/mol. The summed E-state index contributed by atoms with van der Waals surface area (Å²) < 4.78 is 7.57. The first-order valence-corrected chi connectivity index (χ1v) is 9.19. The molecule has 0 aromatic heterocycles. The van der Waals surface area contributed by atoms with Gasteiger partial charge in [-0.25, -0.2) is 4.79 Å². The molecule has 0 heterocycles. The fourth-order valence-electron chi connectivity index (χ4n) is 2.08. The molecule has 0 aliphatic heterocycles. The fraction of sp³-hybridized carbons (Fsp3) is 0.111. The summed E-state index contributed by atoms with van der Waals surface area (Å²) >= 11 is 4.43. The maximum absolute atomic E-state index is 10.9. The van der Waals surface area contributed by atoms with Gasteiger partial charge in [0, 0.05) is 0 Å². The Kier molecular flexibility index (Phi) is 6.62. The van der Waals surface area contributed by atoms with Crippen LogP contribution < -0.4 is 4.74 Å². The Morgan fingerprint density at radius 1 is 1.21 bits per heavy atom. The second-order valence-corrected chi connectivity index (χ2v) is 7.12. The summed E-state index contributed by atoms with van der Waals surface area (Å²) in [5.41, 5.74) is 2.25. The molecule has 0 saturated heterocycles. The minimum Gasteiger partial charge on any atom is -0.492 e. The van der Waals surface area contributed by atoms with Crippen LogP contribution in [0.5, 0.6) is 5.75 Å². The van der Waals surface area contributed by atoms with Crippen molar-refractivity contribution in [3.8, 4) is 11.8 Å². The maximum atomic E-state index is 10.9. The van der Waals surface area contributed by atoms with Crippen LogP contribution in [0.15, 0.2) is 36.4 Å². The number of allylic oxidation sites excluding steroid dienone is 1. The van der Waals surface area contributed by atoms with Crippen molar-refractivity contribution in [3.63, 3.8) is 0 Å². The SMILES string of the molecule is CCOc1c(I)cc(/C=C(/C#N)c2ccc(C(=O)O)cc2)cc1I. The van der Waals surface area contributed by atoms with Crippen LogP contribution in [-0.4, -0.2) is 17.7 Å². The van der Waals surface area contributed by atoms with E-state index in [-0.39, 0.29) is 5.56 Å². The van der Waals surface area contributed by atoms with E-state index in [9.17, 15) is 10.1 Å². The summed E-state index contributed by atoms with van der Waals surface area (Å²) in [6.45, 7) is 2.54. The third-order valence-electron chi connectivity index (χ3n) is 3.18. The minimum atomic E-state index is -0.986. The van der Waals surface area contributed by atoms with Gasteiger partial charge in [0.15, 0.2) is 0 Å². The van der Waals surface area contributed by atoms with Crippen LogP contribution in [0.1, 0.15) is 28.4 Å². The zero-order valence-corrected chi connectivity index (χ0v) is 17.0. The summed E-state index contributed by atoms with van der Waals surface area (Å²) in [6, 6.07) is 12.4. The van der Waals surface area contributed by atoms with Crippen LogP contribution in [0.25, 0.3) is 11.6 Å². The molecule has 0 atom stereocenters. The van der Waals surface area contributed by atoms with Crippen molar-refractivity contribution in [3.05, 3.63) is 60.2 Å². The molecule has 2 rings (SSSR count).